The first-order valence-corrected chi connectivity index (χ1v) is 5.23. The molecule has 0 N–H and O–H groups in total. The summed E-state index contributed by atoms with van der Waals surface area (Å²) >= 11 is 0. The van der Waals surface area contributed by atoms with Gasteiger partial charge in [-0.15, -0.1) is 0 Å². The monoisotopic (exact) mass is 220 g/mol. The third-order valence-corrected chi connectivity index (χ3v) is 1.98. The quantitative estimate of drug-likeness (QED) is 0.623. The fourth-order valence-corrected chi connectivity index (χ4v) is 0.919. The van der Waals surface area contributed by atoms with Gasteiger partial charge in [0.1, 0.15) is 20.0 Å². The Labute approximate surface area is 75.0 Å². The first-order chi connectivity index (χ1) is 5.89. The van der Waals surface area contributed by atoms with Crippen molar-refractivity contribution in [1.82, 2.24) is 0 Å². The topological polar surface area (TPSA) is 43.4 Å². The summed E-state index contributed by atoms with van der Waals surface area (Å²) in [7, 11) is -3.79. The molecule has 0 fully saturated rings. The van der Waals surface area contributed by atoms with Crippen LogP contribution >= 0.6 is 0 Å². The molecule has 0 saturated carbocycles. The van der Waals surface area contributed by atoms with Crippen molar-refractivity contribution in [2.24, 2.45) is 5.41 Å². The molecule has 0 amide bonds. The Kier molecular flexibility index (Phi) is 4.69. The molecular weight excluding hydrogens is 209 g/mol. The predicted molar refractivity (Wildman–Crippen MR) is 41.2 cm³/mol. The standard InChI is InChI=1S/C6H11F3O3S/c1-13(10,11)12-5-6(2-7,3-8)4-9/h2-5H2,1H3. The van der Waals surface area contributed by atoms with E-state index in [1.54, 1.807) is 0 Å². The molecule has 0 spiro atoms. The van der Waals surface area contributed by atoms with Gasteiger partial charge in [-0.1, -0.05) is 0 Å². The van der Waals surface area contributed by atoms with Crippen LogP contribution in [0.25, 0.3) is 0 Å². The minimum atomic E-state index is -3.79. The zero-order chi connectivity index (χ0) is 10.5. The molecule has 0 atom stereocenters. The predicted octanol–water partition coefficient (Wildman–Crippen LogP) is 0.858. The Morgan fingerprint density at radius 3 is 1.77 bits per heavy atom. The summed E-state index contributed by atoms with van der Waals surface area (Å²) in [5.74, 6) is 0. The zero-order valence-electron chi connectivity index (χ0n) is 7.10. The lowest BCUT2D eigenvalue weighted by molar-refractivity contribution is 0.0576. The van der Waals surface area contributed by atoms with Crippen LogP contribution < -0.4 is 0 Å². The highest BCUT2D eigenvalue weighted by Crippen LogP contribution is 2.21. The van der Waals surface area contributed by atoms with Crippen molar-refractivity contribution in [2.45, 2.75) is 0 Å². The maximum Gasteiger partial charge on any atom is 0.264 e. The summed E-state index contributed by atoms with van der Waals surface area (Å²) in [5.41, 5.74) is -1.97. The van der Waals surface area contributed by atoms with Crippen molar-refractivity contribution in [3.63, 3.8) is 0 Å². The van der Waals surface area contributed by atoms with Gasteiger partial charge in [0.2, 0.25) is 0 Å². The van der Waals surface area contributed by atoms with Crippen LogP contribution in [-0.2, 0) is 14.3 Å². The number of rotatable bonds is 6. The summed E-state index contributed by atoms with van der Waals surface area (Å²) in [6, 6.07) is 0. The second kappa shape index (κ2) is 4.80. The van der Waals surface area contributed by atoms with Gasteiger partial charge in [0.25, 0.3) is 10.1 Å². The van der Waals surface area contributed by atoms with Crippen LogP contribution in [0.2, 0.25) is 0 Å². The van der Waals surface area contributed by atoms with Gasteiger partial charge >= 0.3 is 0 Å². The fraction of sp³-hybridized carbons (Fsp3) is 1.00. The van der Waals surface area contributed by atoms with Crippen molar-refractivity contribution < 1.29 is 25.8 Å². The fourth-order valence-electron chi connectivity index (χ4n) is 0.455. The molecule has 0 unspecified atom stereocenters. The van der Waals surface area contributed by atoms with E-state index < -0.39 is 42.2 Å². The van der Waals surface area contributed by atoms with Crippen LogP contribution in [0.3, 0.4) is 0 Å². The normalized spacial score (nSPS) is 13.2. The molecule has 0 saturated heterocycles. The van der Waals surface area contributed by atoms with Gasteiger partial charge in [0.15, 0.2) is 0 Å². The van der Waals surface area contributed by atoms with Crippen LogP contribution in [0, 0.1) is 5.41 Å². The first kappa shape index (κ1) is 12.7. The highest BCUT2D eigenvalue weighted by molar-refractivity contribution is 7.85. The molecule has 0 aromatic rings. The molecule has 0 aromatic heterocycles. The van der Waals surface area contributed by atoms with Crippen LogP contribution in [-0.4, -0.2) is 41.3 Å². The molecule has 0 bridgehead atoms. The summed E-state index contributed by atoms with van der Waals surface area (Å²) in [6.07, 6.45) is 0.729. The molecule has 0 aromatic carbocycles. The van der Waals surface area contributed by atoms with Crippen molar-refractivity contribution in [3.05, 3.63) is 0 Å². The van der Waals surface area contributed by atoms with E-state index in [0.717, 1.165) is 6.26 Å². The molecule has 0 heterocycles. The Morgan fingerprint density at radius 2 is 1.54 bits per heavy atom. The number of hydrogen-bond donors (Lipinski definition) is 0. The van der Waals surface area contributed by atoms with Crippen molar-refractivity contribution in [2.75, 3.05) is 32.9 Å². The minimum absolute atomic E-state index is 0.729. The highest BCUT2D eigenvalue weighted by Gasteiger charge is 2.32. The van der Waals surface area contributed by atoms with Crippen molar-refractivity contribution in [3.8, 4) is 0 Å². The summed E-state index contributed by atoms with van der Waals surface area (Å²) in [5, 5.41) is 0. The maximum atomic E-state index is 12.1. The van der Waals surface area contributed by atoms with Gasteiger partial charge in [0.05, 0.1) is 18.3 Å². The Morgan fingerprint density at radius 1 is 1.15 bits per heavy atom. The van der Waals surface area contributed by atoms with Gasteiger partial charge in [-0.3, -0.25) is 17.4 Å². The molecule has 80 valence electrons. The zero-order valence-corrected chi connectivity index (χ0v) is 7.91. The third kappa shape index (κ3) is 4.47. The lowest BCUT2D eigenvalue weighted by atomic mass is 9.95. The SMILES string of the molecule is CS(=O)(=O)OCC(CF)(CF)CF. The second-order valence-corrected chi connectivity index (χ2v) is 4.51. The van der Waals surface area contributed by atoms with Gasteiger partial charge < -0.3 is 0 Å². The van der Waals surface area contributed by atoms with Crippen LogP contribution in [0.1, 0.15) is 0 Å². The molecule has 3 nitrogen and oxygen atoms in total. The van der Waals surface area contributed by atoms with Gasteiger partial charge in [-0.2, -0.15) is 8.42 Å². The number of alkyl halides is 3. The minimum Gasteiger partial charge on any atom is -0.269 e. The molecule has 0 aliphatic carbocycles. The van der Waals surface area contributed by atoms with E-state index in [2.05, 4.69) is 4.18 Å². The average molecular weight is 220 g/mol. The van der Waals surface area contributed by atoms with E-state index in [1.165, 1.54) is 0 Å². The summed E-state index contributed by atoms with van der Waals surface area (Å²) in [6.45, 7) is -4.70. The van der Waals surface area contributed by atoms with Crippen LogP contribution in [0.15, 0.2) is 0 Å². The van der Waals surface area contributed by atoms with Gasteiger partial charge in [-0.25, -0.2) is 0 Å². The lowest BCUT2D eigenvalue weighted by Crippen LogP contribution is -2.35. The highest BCUT2D eigenvalue weighted by atomic mass is 32.2. The van der Waals surface area contributed by atoms with Crippen LogP contribution in [0.5, 0.6) is 0 Å². The van der Waals surface area contributed by atoms with Gasteiger partial charge in [0, 0.05) is 0 Å². The maximum absolute atomic E-state index is 12.1. The van der Waals surface area contributed by atoms with E-state index in [1.807, 2.05) is 0 Å². The largest absolute Gasteiger partial charge is 0.269 e. The second-order valence-electron chi connectivity index (χ2n) is 2.87. The molecule has 13 heavy (non-hydrogen) atoms. The smallest absolute Gasteiger partial charge is 0.264 e. The Hall–Kier alpha value is -0.300. The Balaban J connectivity index is 4.27. The summed E-state index contributed by atoms with van der Waals surface area (Å²) < 4.78 is 61.4. The van der Waals surface area contributed by atoms with Crippen molar-refractivity contribution in [1.29, 1.82) is 0 Å². The third-order valence-electron chi connectivity index (χ3n) is 1.43. The molecule has 0 rings (SSSR count). The Bertz CT molecular complexity index is 227. The van der Waals surface area contributed by atoms with E-state index in [-0.39, 0.29) is 0 Å². The number of hydrogen-bond acceptors (Lipinski definition) is 3. The molecule has 7 heteroatoms. The molecular formula is C6H11F3O3S. The molecule has 0 aliphatic rings. The lowest BCUT2D eigenvalue weighted by Gasteiger charge is -2.22. The first-order valence-electron chi connectivity index (χ1n) is 3.41. The summed E-state index contributed by atoms with van der Waals surface area (Å²) in [4.78, 5) is 0. The van der Waals surface area contributed by atoms with E-state index in [0.29, 0.717) is 0 Å². The van der Waals surface area contributed by atoms with Gasteiger partial charge in [-0.05, 0) is 0 Å². The molecule has 0 aliphatic heterocycles. The van der Waals surface area contributed by atoms with Crippen molar-refractivity contribution >= 4 is 10.1 Å². The van der Waals surface area contributed by atoms with Crippen LogP contribution in [0.4, 0.5) is 13.2 Å². The van der Waals surface area contributed by atoms with E-state index in [9.17, 15) is 21.6 Å². The number of halogens is 3. The van der Waals surface area contributed by atoms with E-state index in [4.69, 9.17) is 0 Å². The van der Waals surface area contributed by atoms with E-state index >= 15 is 0 Å². The molecule has 0 radical (unpaired) electrons. The average Bonchev–Trinajstić information content (AvgIpc) is 2.06.